The third-order valence-electron chi connectivity index (χ3n) is 3.36. The Balaban J connectivity index is 2.70. The molecule has 0 unspecified atom stereocenters. The predicted octanol–water partition coefficient (Wildman–Crippen LogP) is 4.98. The zero-order valence-corrected chi connectivity index (χ0v) is 13.6. The summed E-state index contributed by atoms with van der Waals surface area (Å²) in [7, 11) is 0.992. The molecule has 4 nitrogen and oxygen atoms in total. The van der Waals surface area contributed by atoms with Gasteiger partial charge in [-0.25, -0.2) is 13.6 Å². The van der Waals surface area contributed by atoms with Crippen LogP contribution in [0, 0.1) is 11.6 Å². The summed E-state index contributed by atoms with van der Waals surface area (Å²) < 4.78 is 70.6. The van der Waals surface area contributed by atoms with Crippen molar-refractivity contribution in [1.29, 1.82) is 0 Å². The molecule has 0 spiro atoms. The summed E-state index contributed by atoms with van der Waals surface area (Å²) in [6.45, 7) is 0. The second-order valence-corrected chi connectivity index (χ2v) is 5.28. The number of hydrogen-bond donors (Lipinski definition) is 1. The van der Waals surface area contributed by atoms with Crippen molar-refractivity contribution in [3.8, 4) is 0 Å². The Bertz CT molecular complexity index is 883. The predicted molar refractivity (Wildman–Crippen MR) is 82.8 cm³/mol. The molecule has 0 aliphatic rings. The number of rotatable bonds is 4. The molecular weight excluding hydrogens is 385 g/mol. The minimum atomic E-state index is -4.84. The highest BCUT2D eigenvalue weighted by Crippen LogP contribution is 2.41. The maximum absolute atomic E-state index is 13.7. The number of benzene rings is 2. The Morgan fingerprint density at radius 3 is 2.38 bits per heavy atom. The van der Waals surface area contributed by atoms with E-state index in [4.69, 9.17) is 11.6 Å². The van der Waals surface area contributed by atoms with E-state index in [0.29, 0.717) is 12.1 Å². The number of nitrogens with one attached hydrogen (secondary N) is 1. The highest BCUT2D eigenvalue weighted by atomic mass is 35.5. The van der Waals surface area contributed by atoms with Gasteiger partial charge in [0.05, 0.1) is 40.2 Å². The lowest BCUT2D eigenvalue weighted by Crippen LogP contribution is -2.12. The first-order valence-corrected chi connectivity index (χ1v) is 7.17. The lowest BCUT2D eigenvalue weighted by atomic mass is 10.1. The summed E-state index contributed by atoms with van der Waals surface area (Å²) in [6.07, 6.45) is -4.87. The molecule has 26 heavy (non-hydrogen) atoms. The van der Waals surface area contributed by atoms with Crippen LogP contribution in [0.2, 0.25) is 5.02 Å². The average molecular weight is 394 g/mol. The number of anilines is 2. The Hall–Kier alpha value is -2.68. The van der Waals surface area contributed by atoms with Gasteiger partial charge in [0.25, 0.3) is 0 Å². The van der Waals surface area contributed by atoms with Gasteiger partial charge in [0, 0.05) is 0 Å². The maximum Gasteiger partial charge on any atom is 0.417 e. The van der Waals surface area contributed by atoms with Gasteiger partial charge in [-0.3, -0.25) is 4.79 Å². The molecule has 0 fully saturated rings. The van der Waals surface area contributed by atoms with E-state index in [2.05, 4.69) is 10.1 Å². The molecule has 0 amide bonds. The highest BCUT2D eigenvalue weighted by molar-refractivity contribution is 6.35. The monoisotopic (exact) mass is 393 g/mol. The van der Waals surface area contributed by atoms with Crippen LogP contribution in [-0.4, -0.2) is 19.4 Å². The van der Waals surface area contributed by atoms with Gasteiger partial charge < -0.3 is 10.1 Å². The summed E-state index contributed by atoms with van der Waals surface area (Å²) in [5, 5.41) is 1.38. The molecule has 0 aliphatic carbocycles. The molecular formula is C16H9ClF5NO3. The number of esters is 1. The van der Waals surface area contributed by atoms with Crippen LogP contribution in [0.4, 0.5) is 33.3 Å². The van der Waals surface area contributed by atoms with Crippen molar-refractivity contribution in [2.45, 2.75) is 6.18 Å². The first kappa shape index (κ1) is 19.6. The van der Waals surface area contributed by atoms with Gasteiger partial charge in [0.2, 0.25) is 0 Å². The number of hydrogen-bond acceptors (Lipinski definition) is 4. The lowest BCUT2D eigenvalue weighted by Gasteiger charge is -2.18. The average Bonchev–Trinajstić information content (AvgIpc) is 2.58. The van der Waals surface area contributed by atoms with E-state index in [0.717, 1.165) is 19.2 Å². The third-order valence-corrected chi connectivity index (χ3v) is 3.76. The summed E-state index contributed by atoms with van der Waals surface area (Å²) >= 11 is 5.77. The van der Waals surface area contributed by atoms with Gasteiger partial charge in [-0.05, 0) is 24.3 Å². The second kappa shape index (κ2) is 7.28. The number of carbonyl (C=O) groups is 2. The molecule has 0 aliphatic heterocycles. The molecule has 2 aromatic rings. The van der Waals surface area contributed by atoms with Crippen LogP contribution in [0.25, 0.3) is 0 Å². The SMILES string of the molecule is COC(=O)c1ccc(C(F)(F)F)c(Cl)c1Nc1ccc(F)c(F)c1C=O. The fraction of sp³-hybridized carbons (Fsp3) is 0.125. The van der Waals surface area contributed by atoms with Crippen LogP contribution in [0.3, 0.4) is 0 Å². The van der Waals surface area contributed by atoms with Crippen molar-refractivity contribution in [2.24, 2.45) is 0 Å². The van der Waals surface area contributed by atoms with E-state index in [1.165, 1.54) is 0 Å². The molecule has 0 atom stereocenters. The van der Waals surface area contributed by atoms with Crippen LogP contribution >= 0.6 is 11.6 Å². The lowest BCUT2D eigenvalue weighted by molar-refractivity contribution is -0.137. The molecule has 1 N–H and O–H groups in total. The van der Waals surface area contributed by atoms with Crippen LogP contribution in [0.5, 0.6) is 0 Å². The molecule has 0 saturated heterocycles. The maximum atomic E-state index is 13.7. The molecule has 10 heteroatoms. The van der Waals surface area contributed by atoms with E-state index >= 15 is 0 Å². The molecule has 138 valence electrons. The number of aldehydes is 1. The fourth-order valence-corrected chi connectivity index (χ4v) is 2.44. The van der Waals surface area contributed by atoms with Crippen LogP contribution in [0.15, 0.2) is 24.3 Å². The topological polar surface area (TPSA) is 55.4 Å². The van der Waals surface area contributed by atoms with Crippen molar-refractivity contribution < 1.29 is 36.3 Å². The van der Waals surface area contributed by atoms with Crippen molar-refractivity contribution in [2.75, 3.05) is 12.4 Å². The molecule has 2 rings (SSSR count). The van der Waals surface area contributed by atoms with Crippen LogP contribution in [-0.2, 0) is 10.9 Å². The van der Waals surface area contributed by atoms with Gasteiger partial charge in [0.15, 0.2) is 17.9 Å². The molecule has 0 saturated carbocycles. The molecule has 0 heterocycles. The van der Waals surface area contributed by atoms with Crippen molar-refractivity contribution in [3.05, 3.63) is 57.6 Å². The minimum absolute atomic E-state index is 0.0277. The van der Waals surface area contributed by atoms with E-state index in [-0.39, 0.29) is 12.0 Å². The Morgan fingerprint density at radius 1 is 1.19 bits per heavy atom. The Labute approximate surface area is 148 Å². The minimum Gasteiger partial charge on any atom is -0.465 e. The van der Waals surface area contributed by atoms with E-state index < -0.39 is 51.2 Å². The van der Waals surface area contributed by atoms with Crippen LogP contribution in [0.1, 0.15) is 26.3 Å². The van der Waals surface area contributed by atoms with Gasteiger partial charge in [0.1, 0.15) is 0 Å². The van der Waals surface area contributed by atoms with Crippen molar-refractivity contribution >= 4 is 35.2 Å². The van der Waals surface area contributed by atoms with Crippen LogP contribution < -0.4 is 5.32 Å². The number of ether oxygens (including phenoxy) is 1. The summed E-state index contributed by atoms with van der Waals surface area (Å²) in [6, 6.07) is 2.96. The first-order valence-electron chi connectivity index (χ1n) is 6.80. The third kappa shape index (κ3) is 3.62. The number of carbonyl (C=O) groups excluding carboxylic acids is 2. The zero-order valence-electron chi connectivity index (χ0n) is 12.9. The van der Waals surface area contributed by atoms with Gasteiger partial charge in [-0.15, -0.1) is 0 Å². The van der Waals surface area contributed by atoms with Gasteiger partial charge >= 0.3 is 12.1 Å². The number of alkyl halides is 3. The summed E-state index contributed by atoms with van der Waals surface area (Å²) in [5.74, 6) is -3.87. The Kier molecular flexibility index (Phi) is 5.50. The quantitative estimate of drug-likeness (QED) is 0.452. The highest BCUT2D eigenvalue weighted by Gasteiger charge is 2.35. The molecule has 0 radical (unpaired) electrons. The van der Waals surface area contributed by atoms with Crippen molar-refractivity contribution in [1.82, 2.24) is 0 Å². The van der Waals surface area contributed by atoms with E-state index in [1.54, 1.807) is 0 Å². The largest absolute Gasteiger partial charge is 0.465 e. The van der Waals surface area contributed by atoms with Gasteiger partial charge in [-0.1, -0.05) is 11.6 Å². The smallest absolute Gasteiger partial charge is 0.417 e. The first-order chi connectivity index (χ1) is 12.1. The van der Waals surface area contributed by atoms with E-state index in [1.807, 2.05) is 0 Å². The van der Waals surface area contributed by atoms with E-state index in [9.17, 15) is 31.5 Å². The fourth-order valence-electron chi connectivity index (χ4n) is 2.12. The normalized spacial score (nSPS) is 11.2. The number of methoxy groups -OCH3 is 1. The number of halogens is 6. The zero-order chi connectivity index (χ0) is 19.6. The van der Waals surface area contributed by atoms with Gasteiger partial charge in [-0.2, -0.15) is 13.2 Å². The van der Waals surface area contributed by atoms with Crippen molar-refractivity contribution in [3.63, 3.8) is 0 Å². The molecule has 0 bridgehead atoms. The molecule has 2 aromatic carbocycles. The molecule has 0 aromatic heterocycles. The Morgan fingerprint density at radius 2 is 1.85 bits per heavy atom. The summed E-state index contributed by atoms with van der Waals surface area (Å²) in [4.78, 5) is 22.8. The summed E-state index contributed by atoms with van der Waals surface area (Å²) in [5.41, 5.74) is -3.40. The standard InChI is InChI=1S/C16H9ClF5NO3/c1-26-15(25)7-2-3-9(16(20,21)22)12(17)14(7)23-11-5-4-10(18)13(19)8(11)6-24/h2-6,23H,1H3. The second-order valence-electron chi connectivity index (χ2n) is 4.90.